The number of hydrogen-bond acceptors (Lipinski definition) is 6. The Hall–Kier alpha value is -3.53. The third-order valence-corrected chi connectivity index (χ3v) is 6.31. The number of hydrogen-bond donors (Lipinski definition) is 2. The topological polar surface area (TPSA) is 114 Å². The van der Waals surface area contributed by atoms with Crippen LogP contribution in [0.2, 0.25) is 0 Å². The van der Waals surface area contributed by atoms with Gasteiger partial charge in [0.05, 0.1) is 35.3 Å². The van der Waals surface area contributed by atoms with Gasteiger partial charge in [-0.05, 0) is 36.2 Å². The van der Waals surface area contributed by atoms with Crippen LogP contribution in [0.1, 0.15) is 19.4 Å². The monoisotopic (exact) mass is 472 g/mol. The summed E-state index contributed by atoms with van der Waals surface area (Å²) in [5.74, 6) is -0.422. The Kier molecular flexibility index (Phi) is 7.94. The SMILES string of the molecule is CC(=O)NC[C@H]1CN(c2ccc(-c3ccc(CS(=O)C(C)=N/C=C\N)cc3)c(F)c2)C(=O)O1. The highest BCUT2D eigenvalue weighted by Crippen LogP contribution is 2.29. The van der Waals surface area contributed by atoms with Crippen molar-refractivity contribution in [3.05, 3.63) is 66.2 Å². The number of amides is 2. The molecular formula is C23H25FN4O4S. The molecule has 1 saturated heterocycles. The molecule has 1 unspecified atom stereocenters. The molecule has 1 aliphatic rings. The number of nitrogens with zero attached hydrogens (tertiary/aromatic N) is 2. The van der Waals surface area contributed by atoms with Gasteiger partial charge in [0.1, 0.15) is 17.0 Å². The van der Waals surface area contributed by atoms with Crippen LogP contribution >= 0.6 is 0 Å². The van der Waals surface area contributed by atoms with E-state index in [2.05, 4.69) is 10.3 Å². The molecule has 0 spiro atoms. The van der Waals surface area contributed by atoms with Crippen molar-refractivity contribution >= 4 is 33.5 Å². The Morgan fingerprint density at radius 1 is 1.30 bits per heavy atom. The van der Waals surface area contributed by atoms with Gasteiger partial charge < -0.3 is 15.8 Å². The number of nitrogens with one attached hydrogen (secondary N) is 1. The van der Waals surface area contributed by atoms with E-state index in [9.17, 15) is 18.2 Å². The van der Waals surface area contributed by atoms with Gasteiger partial charge in [-0.1, -0.05) is 24.3 Å². The molecule has 1 fully saturated rings. The summed E-state index contributed by atoms with van der Waals surface area (Å²) in [6.07, 6.45) is 1.57. The van der Waals surface area contributed by atoms with Crippen LogP contribution in [0.15, 0.2) is 59.9 Å². The van der Waals surface area contributed by atoms with E-state index in [4.69, 9.17) is 10.5 Å². The average molecular weight is 473 g/mol. The first-order valence-corrected chi connectivity index (χ1v) is 11.5. The molecule has 1 aliphatic heterocycles. The Labute approximate surface area is 193 Å². The van der Waals surface area contributed by atoms with Gasteiger partial charge in [-0.25, -0.2) is 9.18 Å². The van der Waals surface area contributed by atoms with E-state index >= 15 is 0 Å². The molecule has 174 valence electrons. The molecule has 2 atom stereocenters. The van der Waals surface area contributed by atoms with Crippen molar-refractivity contribution in [2.75, 3.05) is 18.0 Å². The van der Waals surface area contributed by atoms with Crippen LogP contribution in [0.4, 0.5) is 14.9 Å². The molecule has 2 aromatic carbocycles. The summed E-state index contributed by atoms with van der Waals surface area (Å²) in [5.41, 5.74) is 7.46. The Morgan fingerprint density at radius 3 is 2.67 bits per heavy atom. The summed E-state index contributed by atoms with van der Waals surface area (Å²) in [5, 5.41) is 3.06. The van der Waals surface area contributed by atoms with Crippen LogP contribution < -0.4 is 16.0 Å². The van der Waals surface area contributed by atoms with Gasteiger partial charge in [-0.15, -0.1) is 0 Å². The van der Waals surface area contributed by atoms with Crippen LogP contribution in [0.3, 0.4) is 0 Å². The lowest BCUT2D eigenvalue weighted by Gasteiger charge is -2.14. The van der Waals surface area contributed by atoms with Crippen molar-refractivity contribution in [3.63, 3.8) is 0 Å². The molecule has 0 radical (unpaired) electrons. The van der Waals surface area contributed by atoms with Crippen LogP contribution in [-0.2, 0) is 26.1 Å². The first-order valence-electron chi connectivity index (χ1n) is 10.2. The number of nitrogens with two attached hydrogens (primary N) is 1. The third kappa shape index (κ3) is 6.26. The Bertz CT molecular complexity index is 1120. The zero-order valence-corrected chi connectivity index (χ0v) is 19.1. The fourth-order valence-electron chi connectivity index (χ4n) is 3.25. The number of anilines is 1. The minimum absolute atomic E-state index is 0.199. The highest BCUT2D eigenvalue weighted by molar-refractivity contribution is 7.99. The van der Waals surface area contributed by atoms with Crippen molar-refractivity contribution in [3.8, 4) is 11.1 Å². The van der Waals surface area contributed by atoms with E-state index in [0.29, 0.717) is 21.9 Å². The molecule has 3 N–H and O–H groups in total. The number of carbonyl (C=O) groups is 2. The van der Waals surface area contributed by atoms with Crippen molar-refractivity contribution < 1.29 is 22.9 Å². The second kappa shape index (κ2) is 10.9. The van der Waals surface area contributed by atoms with Gasteiger partial charge in [0.15, 0.2) is 0 Å². The number of carbonyl (C=O) groups excluding carboxylic acids is 2. The zero-order valence-electron chi connectivity index (χ0n) is 18.3. The minimum atomic E-state index is -1.29. The maximum Gasteiger partial charge on any atom is 0.414 e. The predicted octanol–water partition coefficient (Wildman–Crippen LogP) is 3.05. The van der Waals surface area contributed by atoms with E-state index in [1.807, 2.05) is 0 Å². The van der Waals surface area contributed by atoms with Gasteiger partial charge in [0.2, 0.25) is 5.91 Å². The number of rotatable bonds is 7. The van der Waals surface area contributed by atoms with Crippen molar-refractivity contribution in [2.45, 2.75) is 25.7 Å². The minimum Gasteiger partial charge on any atom is -0.442 e. The molecule has 0 aromatic heterocycles. The van der Waals surface area contributed by atoms with Gasteiger partial charge in [-0.2, -0.15) is 0 Å². The molecule has 33 heavy (non-hydrogen) atoms. The molecule has 2 aromatic rings. The molecule has 1 heterocycles. The Morgan fingerprint density at radius 2 is 2.03 bits per heavy atom. The predicted molar refractivity (Wildman–Crippen MR) is 126 cm³/mol. The van der Waals surface area contributed by atoms with Crippen molar-refractivity contribution in [2.24, 2.45) is 10.7 Å². The summed E-state index contributed by atoms with van der Waals surface area (Å²) in [6.45, 7) is 3.46. The van der Waals surface area contributed by atoms with Gasteiger partial charge in [-0.3, -0.25) is 18.9 Å². The average Bonchev–Trinajstić information content (AvgIpc) is 3.17. The third-order valence-electron chi connectivity index (χ3n) is 4.95. The lowest BCUT2D eigenvalue weighted by molar-refractivity contribution is -0.119. The van der Waals surface area contributed by atoms with E-state index in [1.165, 1.54) is 30.3 Å². The fourth-order valence-corrected chi connectivity index (χ4v) is 4.13. The summed E-state index contributed by atoms with van der Waals surface area (Å²) >= 11 is 0. The number of ether oxygens (including phenoxy) is 1. The first-order chi connectivity index (χ1) is 15.8. The number of benzene rings is 2. The second-order valence-electron chi connectivity index (χ2n) is 7.39. The van der Waals surface area contributed by atoms with Crippen LogP contribution in [0, 0.1) is 5.82 Å². The van der Waals surface area contributed by atoms with Gasteiger partial charge >= 0.3 is 6.09 Å². The van der Waals surface area contributed by atoms with E-state index in [1.54, 1.807) is 43.3 Å². The first kappa shape index (κ1) is 24.1. The van der Waals surface area contributed by atoms with E-state index < -0.39 is 28.8 Å². The number of halogens is 1. The summed E-state index contributed by atoms with van der Waals surface area (Å²) in [7, 11) is -1.29. The molecule has 8 nitrogen and oxygen atoms in total. The largest absolute Gasteiger partial charge is 0.442 e. The highest BCUT2D eigenvalue weighted by Gasteiger charge is 2.32. The summed E-state index contributed by atoms with van der Waals surface area (Å²) < 4.78 is 32.4. The smallest absolute Gasteiger partial charge is 0.414 e. The van der Waals surface area contributed by atoms with Gasteiger partial charge in [0, 0.05) is 24.9 Å². The second-order valence-corrected chi connectivity index (χ2v) is 8.96. The lowest BCUT2D eigenvalue weighted by atomic mass is 10.0. The molecule has 3 rings (SSSR count). The molecular weight excluding hydrogens is 447 g/mol. The normalized spacial score (nSPS) is 17.3. The van der Waals surface area contributed by atoms with Crippen LogP contribution in [0.5, 0.6) is 0 Å². The standard InChI is InChI=1S/C23H25FN4O4S/c1-15(29)27-12-20-13-28(23(30)32-20)19-7-8-21(22(24)11-19)18-5-3-17(4-6-18)14-33(31)16(2)26-10-9-25/h3-11,20H,12-14,25H2,1-2H3,(H,27,29)/b10-9-,26-16?/t20-,33?/m0/s1. The summed E-state index contributed by atoms with van der Waals surface area (Å²) in [6, 6.07) is 11.6. The van der Waals surface area contributed by atoms with E-state index in [-0.39, 0.29) is 24.7 Å². The maximum atomic E-state index is 14.9. The molecule has 0 aliphatic carbocycles. The molecule has 2 amide bonds. The van der Waals surface area contributed by atoms with Crippen LogP contribution in [-0.4, -0.2) is 40.4 Å². The van der Waals surface area contributed by atoms with Crippen molar-refractivity contribution in [1.29, 1.82) is 0 Å². The van der Waals surface area contributed by atoms with Crippen LogP contribution in [0.25, 0.3) is 11.1 Å². The lowest BCUT2D eigenvalue weighted by Crippen LogP contribution is -2.33. The molecule has 0 bridgehead atoms. The fraction of sp³-hybridized carbons (Fsp3) is 0.261. The summed E-state index contributed by atoms with van der Waals surface area (Å²) in [4.78, 5) is 28.5. The maximum absolute atomic E-state index is 14.9. The zero-order chi connectivity index (χ0) is 24.0. The van der Waals surface area contributed by atoms with Crippen molar-refractivity contribution in [1.82, 2.24) is 5.32 Å². The van der Waals surface area contributed by atoms with E-state index in [0.717, 1.165) is 5.56 Å². The number of aliphatic imine (C=N–C) groups is 1. The van der Waals surface area contributed by atoms with Gasteiger partial charge in [0.25, 0.3) is 0 Å². The molecule has 10 heteroatoms. The Balaban J connectivity index is 1.69. The number of cyclic esters (lactones) is 1. The quantitative estimate of drug-likeness (QED) is 0.475. The highest BCUT2D eigenvalue weighted by atomic mass is 32.2. The molecule has 0 saturated carbocycles.